The molecule has 0 unspecified atom stereocenters. The molecule has 0 aliphatic rings. The van der Waals surface area contributed by atoms with Gasteiger partial charge in [-0.25, -0.2) is 8.42 Å². The van der Waals surface area contributed by atoms with E-state index in [-0.39, 0.29) is 16.5 Å². The van der Waals surface area contributed by atoms with Gasteiger partial charge >= 0.3 is 0 Å². The maximum atomic E-state index is 12.3. The summed E-state index contributed by atoms with van der Waals surface area (Å²) in [6.07, 6.45) is 0. The Morgan fingerprint density at radius 1 is 1.04 bits per heavy atom. The Hall–Kier alpha value is -2.91. The molecular weight excluding hydrogens is 346 g/mol. The number of carbonyl (C=O) groups is 2. The Balaban J connectivity index is 2.18. The second-order valence-corrected chi connectivity index (χ2v) is 6.65. The van der Waals surface area contributed by atoms with Gasteiger partial charge in [-0.1, -0.05) is 18.2 Å². The lowest BCUT2D eigenvalue weighted by Gasteiger charge is -2.12. The maximum Gasteiger partial charge on any atom is 0.266 e. The van der Waals surface area contributed by atoms with Gasteiger partial charge in [0.25, 0.3) is 15.9 Å². The van der Waals surface area contributed by atoms with Crippen LogP contribution in [0.5, 0.6) is 5.75 Å². The highest BCUT2D eigenvalue weighted by Crippen LogP contribution is 2.27. The van der Waals surface area contributed by atoms with Crippen molar-refractivity contribution in [2.24, 2.45) is 0 Å². The molecule has 0 aliphatic heterocycles. The zero-order valence-electron chi connectivity index (χ0n) is 13.6. The fourth-order valence-electron chi connectivity index (χ4n) is 1.98. The first-order chi connectivity index (χ1) is 11.8. The summed E-state index contributed by atoms with van der Waals surface area (Å²) < 4.78 is 29.7. The largest absolute Gasteiger partial charge is 0.495 e. The van der Waals surface area contributed by atoms with Crippen LogP contribution in [0.2, 0.25) is 0 Å². The first-order valence-corrected chi connectivity index (χ1v) is 8.64. The SMILES string of the molecule is COc1ccc(S(=O)(=O)NNC(=O)c2ccccc2)cc1NC(C)=O. The van der Waals surface area contributed by atoms with Crippen molar-refractivity contribution in [1.29, 1.82) is 0 Å². The molecule has 0 heterocycles. The molecule has 2 rings (SSSR count). The lowest BCUT2D eigenvalue weighted by molar-refractivity contribution is -0.114. The molecule has 0 aromatic heterocycles. The van der Waals surface area contributed by atoms with E-state index in [0.717, 1.165) is 0 Å². The van der Waals surface area contributed by atoms with E-state index in [0.29, 0.717) is 11.3 Å². The summed E-state index contributed by atoms with van der Waals surface area (Å²) >= 11 is 0. The third-order valence-corrected chi connectivity index (χ3v) is 4.37. The van der Waals surface area contributed by atoms with Gasteiger partial charge in [-0.3, -0.25) is 15.0 Å². The lowest BCUT2D eigenvalue weighted by Crippen LogP contribution is -2.41. The van der Waals surface area contributed by atoms with E-state index in [9.17, 15) is 18.0 Å². The van der Waals surface area contributed by atoms with Gasteiger partial charge in [0.1, 0.15) is 5.75 Å². The predicted molar refractivity (Wildman–Crippen MR) is 91.5 cm³/mol. The second kappa shape index (κ2) is 7.77. The topological polar surface area (TPSA) is 114 Å². The minimum atomic E-state index is -4.04. The number of hydrazine groups is 1. The normalized spacial score (nSPS) is 10.8. The fraction of sp³-hybridized carbons (Fsp3) is 0.125. The molecule has 9 heteroatoms. The molecule has 25 heavy (non-hydrogen) atoms. The van der Waals surface area contributed by atoms with E-state index in [4.69, 9.17) is 4.74 Å². The standard InChI is InChI=1S/C16H17N3O5S/c1-11(20)17-14-10-13(8-9-15(14)24-2)25(22,23)19-18-16(21)12-6-4-3-5-7-12/h3-10,19H,1-2H3,(H,17,20)(H,18,21). The number of nitrogens with one attached hydrogen (secondary N) is 3. The fourth-order valence-corrected chi connectivity index (χ4v) is 2.84. The number of amides is 2. The van der Waals surface area contributed by atoms with Crippen molar-refractivity contribution < 1.29 is 22.7 Å². The molecule has 0 radical (unpaired) electrons. The van der Waals surface area contributed by atoms with Gasteiger partial charge in [-0.15, -0.1) is 4.83 Å². The minimum absolute atomic E-state index is 0.148. The summed E-state index contributed by atoms with van der Waals surface area (Å²) in [5.74, 6) is -0.666. The van der Waals surface area contributed by atoms with E-state index in [2.05, 4.69) is 10.7 Å². The molecule has 0 saturated carbocycles. The van der Waals surface area contributed by atoms with Crippen LogP contribution in [0.4, 0.5) is 5.69 Å². The van der Waals surface area contributed by atoms with Crippen molar-refractivity contribution in [1.82, 2.24) is 10.3 Å². The Morgan fingerprint density at radius 3 is 2.32 bits per heavy atom. The Labute approximate surface area is 145 Å². The zero-order chi connectivity index (χ0) is 18.4. The molecule has 0 aliphatic carbocycles. The molecule has 2 aromatic carbocycles. The average molecular weight is 363 g/mol. The minimum Gasteiger partial charge on any atom is -0.495 e. The van der Waals surface area contributed by atoms with Crippen molar-refractivity contribution in [2.45, 2.75) is 11.8 Å². The number of hydrogen-bond acceptors (Lipinski definition) is 5. The van der Waals surface area contributed by atoms with Crippen LogP contribution in [0.15, 0.2) is 53.4 Å². The molecular formula is C16H17N3O5S. The number of benzene rings is 2. The molecule has 2 aromatic rings. The molecule has 2 amide bonds. The molecule has 132 valence electrons. The molecule has 0 bridgehead atoms. The van der Waals surface area contributed by atoms with Crippen LogP contribution in [0.1, 0.15) is 17.3 Å². The summed E-state index contributed by atoms with van der Waals surface area (Å²) in [7, 11) is -2.64. The van der Waals surface area contributed by atoms with Crippen molar-refractivity contribution in [3.8, 4) is 5.75 Å². The number of anilines is 1. The van der Waals surface area contributed by atoms with Crippen molar-refractivity contribution >= 4 is 27.5 Å². The molecule has 0 atom stereocenters. The van der Waals surface area contributed by atoms with Gasteiger partial charge in [-0.05, 0) is 30.3 Å². The van der Waals surface area contributed by atoms with Gasteiger partial charge in [-0.2, -0.15) is 0 Å². The summed E-state index contributed by atoms with van der Waals surface area (Å²) in [6, 6.07) is 12.1. The summed E-state index contributed by atoms with van der Waals surface area (Å²) in [4.78, 5) is 25.0. The van der Waals surface area contributed by atoms with Crippen molar-refractivity contribution in [3.05, 3.63) is 54.1 Å². The van der Waals surface area contributed by atoms with Crippen LogP contribution in [-0.2, 0) is 14.8 Å². The maximum absolute atomic E-state index is 12.3. The predicted octanol–water partition coefficient (Wildman–Crippen LogP) is 1.28. The van der Waals surface area contributed by atoms with Crippen LogP contribution in [-0.4, -0.2) is 27.3 Å². The highest BCUT2D eigenvalue weighted by atomic mass is 32.2. The van der Waals surface area contributed by atoms with E-state index < -0.39 is 15.9 Å². The second-order valence-electron chi connectivity index (χ2n) is 4.97. The Bertz CT molecular complexity index is 882. The number of carbonyl (C=O) groups excluding carboxylic acids is 2. The van der Waals surface area contributed by atoms with E-state index >= 15 is 0 Å². The van der Waals surface area contributed by atoms with Gasteiger partial charge in [0, 0.05) is 12.5 Å². The monoisotopic (exact) mass is 363 g/mol. The van der Waals surface area contributed by atoms with Crippen molar-refractivity contribution in [3.63, 3.8) is 0 Å². The average Bonchev–Trinajstić information content (AvgIpc) is 2.60. The highest BCUT2D eigenvalue weighted by Gasteiger charge is 2.18. The molecule has 0 fully saturated rings. The summed E-state index contributed by atoms with van der Waals surface area (Å²) in [5.41, 5.74) is 2.64. The van der Waals surface area contributed by atoms with Gasteiger partial charge < -0.3 is 10.1 Å². The lowest BCUT2D eigenvalue weighted by atomic mass is 10.2. The van der Waals surface area contributed by atoms with E-state index in [1.165, 1.54) is 32.2 Å². The Morgan fingerprint density at radius 2 is 1.72 bits per heavy atom. The van der Waals surface area contributed by atoms with E-state index in [1.807, 2.05) is 4.83 Å². The first kappa shape index (κ1) is 18.4. The molecule has 8 nitrogen and oxygen atoms in total. The van der Waals surface area contributed by atoms with Gasteiger partial charge in [0.2, 0.25) is 5.91 Å². The summed E-state index contributed by atoms with van der Waals surface area (Å²) in [6.45, 7) is 1.29. The molecule has 0 saturated heterocycles. The summed E-state index contributed by atoms with van der Waals surface area (Å²) in [5, 5.41) is 2.48. The number of sulfonamides is 1. The third kappa shape index (κ3) is 4.78. The van der Waals surface area contributed by atoms with Crippen LogP contribution >= 0.6 is 0 Å². The highest BCUT2D eigenvalue weighted by molar-refractivity contribution is 7.89. The van der Waals surface area contributed by atoms with Crippen LogP contribution < -0.4 is 20.3 Å². The first-order valence-electron chi connectivity index (χ1n) is 7.16. The zero-order valence-corrected chi connectivity index (χ0v) is 14.4. The number of hydrogen-bond donors (Lipinski definition) is 3. The quantitative estimate of drug-likeness (QED) is 0.669. The number of ether oxygens (including phenoxy) is 1. The van der Waals surface area contributed by atoms with Crippen LogP contribution in [0, 0.1) is 0 Å². The van der Waals surface area contributed by atoms with E-state index in [1.54, 1.807) is 30.3 Å². The molecule has 3 N–H and O–H groups in total. The van der Waals surface area contributed by atoms with Crippen LogP contribution in [0.3, 0.4) is 0 Å². The van der Waals surface area contributed by atoms with Crippen molar-refractivity contribution in [2.75, 3.05) is 12.4 Å². The molecule has 0 spiro atoms. The Kier molecular flexibility index (Phi) is 5.73. The smallest absolute Gasteiger partial charge is 0.266 e. The van der Waals surface area contributed by atoms with Gasteiger partial charge in [0.05, 0.1) is 17.7 Å². The number of rotatable bonds is 6. The third-order valence-electron chi connectivity index (χ3n) is 3.13. The number of methoxy groups -OCH3 is 1. The van der Waals surface area contributed by atoms with Gasteiger partial charge in [0.15, 0.2) is 0 Å². The van der Waals surface area contributed by atoms with Crippen LogP contribution in [0.25, 0.3) is 0 Å².